The van der Waals surface area contributed by atoms with E-state index >= 15 is 0 Å². The fraction of sp³-hybridized carbons (Fsp3) is 0.500. The number of hydrogen-bond acceptors (Lipinski definition) is 5. The van der Waals surface area contributed by atoms with Crippen LogP contribution in [0.4, 0.5) is 0 Å². The molecule has 6 nitrogen and oxygen atoms in total. The molecule has 1 atom stereocenters. The number of carbonyl (C=O) groups excluding carboxylic acids is 1. The summed E-state index contributed by atoms with van der Waals surface area (Å²) in [4.78, 5) is 16.7. The molecule has 1 aliphatic heterocycles. The fourth-order valence-electron chi connectivity index (χ4n) is 2.24. The second-order valence-electron chi connectivity index (χ2n) is 5.44. The minimum Gasteiger partial charge on any atom is -0.333 e. The molecule has 0 aromatic carbocycles. The van der Waals surface area contributed by atoms with Crippen LogP contribution in [0.25, 0.3) is 0 Å². The largest absolute Gasteiger partial charge is 0.333 e. The number of carbonyl (C=O) groups is 1. The fourth-order valence-corrected chi connectivity index (χ4v) is 3.21. The van der Waals surface area contributed by atoms with Crippen LogP contribution in [0.15, 0.2) is 18.3 Å². The lowest BCUT2D eigenvalue weighted by atomic mass is 10.2. The van der Waals surface area contributed by atoms with Crippen LogP contribution in [0.1, 0.15) is 39.3 Å². The standard InChI is InChI=1S/C14H19N5OS/c1-9-4-5-13(21-9)10(2)18(3)14(20)12-8-19(17-16-12)11-6-15-7-11/h4-5,8,10-11,15H,6-7H2,1-3H3. The van der Waals surface area contributed by atoms with Gasteiger partial charge in [0, 0.05) is 29.9 Å². The number of nitrogens with zero attached hydrogens (tertiary/aromatic N) is 4. The summed E-state index contributed by atoms with van der Waals surface area (Å²) in [7, 11) is 1.81. The maximum atomic E-state index is 12.5. The molecule has 3 rings (SSSR count). The minimum atomic E-state index is -0.0907. The number of aromatic nitrogens is 3. The van der Waals surface area contributed by atoms with Crippen molar-refractivity contribution < 1.29 is 4.79 Å². The van der Waals surface area contributed by atoms with Crippen molar-refractivity contribution in [3.8, 4) is 0 Å². The lowest BCUT2D eigenvalue weighted by Gasteiger charge is -2.26. The molecular weight excluding hydrogens is 286 g/mol. The molecule has 1 fully saturated rings. The first-order valence-electron chi connectivity index (χ1n) is 7.02. The monoisotopic (exact) mass is 305 g/mol. The van der Waals surface area contributed by atoms with Crippen LogP contribution in [0.3, 0.4) is 0 Å². The summed E-state index contributed by atoms with van der Waals surface area (Å²) in [5.74, 6) is -0.0907. The third-order valence-electron chi connectivity index (χ3n) is 3.94. The Morgan fingerprint density at radius 1 is 1.52 bits per heavy atom. The first kappa shape index (κ1) is 14.2. The van der Waals surface area contributed by atoms with Crippen LogP contribution in [0.2, 0.25) is 0 Å². The first-order chi connectivity index (χ1) is 10.1. The molecule has 0 aliphatic carbocycles. The number of nitrogens with one attached hydrogen (secondary N) is 1. The van der Waals surface area contributed by atoms with Gasteiger partial charge in [0.15, 0.2) is 5.69 Å². The van der Waals surface area contributed by atoms with Crippen molar-refractivity contribution in [1.29, 1.82) is 0 Å². The van der Waals surface area contributed by atoms with Crippen LogP contribution in [-0.4, -0.2) is 45.9 Å². The maximum absolute atomic E-state index is 12.5. The third kappa shape index (κ3) is 2.71. The van der Waals surface area contributed by atoms with Crippen molar-refractivity contribution in [1.82, 2.24) is 25.2 Å². The third-order valence-corrected chi connectivity index (χ3v) is 5.11. The van der Waals surface area contributed by atoms with E-state index < -0.39 is 0 Å². The number of rotatable bonds is 4. The van der Waals surface area contributed by atoms with Crippen LogP contribution < -0.4 is 5.32 Å². The predicted octanol–water partition coefficient (Wildman–Crippen LogP) is 1.63. The molecule has 0 bridgehead atoms. The Morgan fingerprint density at radius 2 is 2.29 bits per heavy atom. The van der Waals surface area contributed by atoms with Gasteiger partial charge in [-0.05, 0) is 26.0 Å². The van der Waals surface area contributed by atoms with Gasteiger partial charge >= 0.3 is 0 Å². The maximum Gasteiger partial charge on any atom is 0.276 e. The van der Waals surface area contributed by atoms with Crippen LogP contribution in [0, 0.1) is 6.92 Å². The van der Waals surface area contributed by atoms with E-state index in [4.69, 9.17) is 0 Å². The number of hydrogen-bond donors (Lipinski definition) is 1. The highest BCUT2D eigenvalue weighted by molar-refractivity contribution is 7.12. The van der Waals surface area contributed by atoms with Crippen molar-refractivity contribution in [3.05, 3.63) is 33.8 Å². The van der Waals surface area contributed by atoms with Crippen molar-refractivity contribution >= 4 is 17.2 Å². The van der Waals surface area contributed by atoms with E-state index in [0.717, 1.165) is 13.1 Å². The topological polar surface area (TPSA) is 63.1 Å². The normalized spacial score (nSPS) is 16.5. The van der Waals surface area contributed by atoms with Crippen LogP contribution in [0.5, 0.6) is 0 Å². The van der Waals surface area contributed by atoms with E-state index in [0.29, 0.717) is 11.7 Å². The molecule has 3 heterocycles. The molecule has 2 aromatic rings. The van der Waals surface area contributed by atoms with Gasteiger partial charge in [0.05, 0.1) is 18.3 Å². The highest BCUT2D eigenvalue weighted by Crippen LogP contribution is 2.27. The van der Waals surface area contributed by atoms with E-state index in [2.05, 4.69) is 34.7 Å². The summed E-state index contributed by atoms with van der Waals surface area (Å²) in [6.45, 7) is 5.87. The Kier molecular flexibility index (Phi) is 3.77. The Labute approximate surface area is 127 Å². The lowest BCUT2D eigenvalue weighted by molar-refractivity contribution is 0.0739. The summed E-state index contributed by atoms with van der Waals surface area (Å²) < 4.78 is 1.78. The molecule has 1 amide bonds. The SMILES string of the molecule is Cc1ccc(C(C)N(C)C(=O)c2cn(C3CNC3)nn2)s1. The summed E-state index contributed by atoms with van der Waals surface area (Å²) >= 11 is 1.72. The highest BCUT2D eigenvalue weighted by atomic mass is 32.1. The molecule has 0 spiro atoms. The van der Waals surface area contributed by atoms with Crippen molar-refractivity contribution in [3.63, 3.8) is 0 Å². The second kappa shape index (κ2) is 5.57. The Balaban J connectivity index is 1.72. The average molecular weight is 305 g/mol. The van der Waals surface area contributed by atoms with E-state index in [1.807, 2.05) is 14.0 Å². The average Bonchev–Trinajstić information content (AvgIpc) is 3.03. The molecule has 0 saturated carbocycles. The van der Waals surface area contributed by atoms with E-state index in [9.17, 15) is 4.79 Å². The van der Waals surface area contributed by atoms with E-state index in [1.165, 1.54) is 9.75 Å². The van der Waals surface area contributed by atoms with Crippen molar-refractivity contribution in [2.75, 3.05) is 20.1 Å². The van der Waals surface area contributed by atoms with Gasteiger partial charge in [0.25, 0.3) is 5.91 Å². The number of amides is 1. The summed E-state index contributed by atoms with van der Waals surface area (Å²) in [6.07, 6.45) is 1.75. The van der Waals surface area contributed by atoms with Gasteiger partial charge in [0.2, 0.25) is 0 Å². The van der Waals surface area contributed by atoms with Gasteiger partial charge in [-0.2, -0.15) is 0 Å². The Hall–Kier alpha value is -1.73. The molecule has 7 heteroatoms. The minimum absolute atomic E-state index is 0.0340. The highest BCUT2D eigenvalue weighted by Gasteiger charge is 2.25. The summed E-state index contributed by atoms with van der Waals surface area (Å²) in [6, 6.07) is 4.51. The zero-order chi connectivity index (χ0) is 15.0. The molecule has 1 unspecified atom stereocenters. The molecule has 1 saturated heterocycles. The van der Waals surface area contributed by atoms with Gasteiger partial charge < -0.3 is 10.2 Å². The van der Waals surface area contributed by atoms with Gasteiger partial charge in [0.1, 0.15) is 0 Å². The van der Waals surface area contributed by atoms with Crippen LogP contribution in [-0.2, 0) is 0 Å². The van der Waals surface area contributed by atoms with E-state index in [1.54, 1.807) is 27.1 Å². The molecule has 21 heavy (non-hydrogen) atoms. The van der Waals surface area contributed by atoms with Crippen LogP contribution >= 0.6 is 11.3 Å². The molecule has 2 aromatic heterocycles. The van der Waals surface area contributed by atoms with Crippen molar-refractivity contribution in [2.45, 2.75) is 25.9 Å². The zero-order valence-corrected chi connectivity index (χ0v) is 13.2. The number of thiophene rings is 1. The first-order valence-corrected chi connectivity index (χ1v) is 7.84. The molecule has 0 radical (unpaired) electrons. The van der Waals surface area contributed by atoms with Crippen molar-refractivity contribution in [2.24, 2.45) is 0 Å². The van der Waals surface area contributed by atoms with Gasteiger partial charge in [-0.25, -0.2) is 4.68 Å². The summed E-state index contributed by atoms with van der Waals surface area (Å²) in [5, 5.41) is 11.3. The lowest BCUT2D eigenvalue weighted by Crippen LogP contribution is -2.43. The Morgan fingerprint density at radius 3 is 2.86 bits per heavy atom. The zero-order valence-electron chi connectivity index (χ0n) is 12.4. The molecule has 1 aliphatic rings. The molecular formula is C14H19N5OS. The quantitative estimate of drug-likeness (QED) is 0.932. The van der Waals surface area contributed by atoms with E-state index in [-0.39, 0.29) is 11.9 Å². The summed E-state index contributed by atoms with van der Waals surface area (Å²) in [5.41, 5.74) is 0.407. The second-order valence-corrected chi connectivity index (χ2v) is 6.76. The van der Waals surface area contributed by atoms with Gasteiger partial charge in [-0.15, -0.1) is 16.4 Å². The van der Waals surface area contributed by atoms with Gasteiger partial charge in [-0.1, -0.05) is 5.21 Å². The Bertz CT molecular complexity index is 645. The number of aryl methyl sites for hydroxylation is 1. The smallest absolute Gasteiger partial charge is 0.276 e. The molecule has 1 N–H and O–H groups in total. The van der Waals surface area contributed by atoms with Gasteiger partial charge in [-0.3, -0.25) is 4.79 Å². The predicted molar refractivity (Wildman–Crippen MR) is 81.5 cm³/mol. The molecule has 112 valence electrons.